The standard InChI is InChI=1S/C6H11N3O/c1-2-10-9-5-6-7-3-4-8-6/h3-4,9H,2,5H2,1H3,(H,7,8). The quantitative estimate of drug-likeness (QED) is 0.473. The van der Waals surface area contributed by atoms with Crippen molar-refractivity contribution in [3.05, 3.63) is 18.2 Å². The van der Waals surface area contributed by atoms with E-state index >= 15 is 0 Å². The van der Waals surface area contributed by atoms with Crippen LogP contribution < -0.4 is 5.48 Å². The number of nitrogens with zero attached hydrogens (tertiary/aromatic N) is 1. The van der Waals surface area contributed by atoms with Gasteiger partial charge in [-0.1, -0.05) is 0 Å². The van der Waals surface area contributed by atoms with E-state index in [1.165, 1.54) is 0 Å². The molecule has 56 valence electrons. The minimum atomic E-state index is 0.626. The van der Waals surface area contributed by atoms with Crippen molar-refractivity contribution in [3.8, 4) is 0 Å². The van der Waals surface area contributed by atoms with Gasteiger partial charge in [0.05, 0.1) is 13.2 Å². The summed E-state index contributed by atoms with van der Waals surface area (Å²) in [5.41, 5.74) is 2.74. The summed E-state index contributed by atoms with van der Waals surface area (Å²) < 4.78 is 0. The number of rotatable bonds is 4. The van der Waals surface area contributed by atoms with E-state index in [9.17, 15) is 0 Å². The highest BCUT2D eigenvalue weighted by Gasteiger charge is 1.90. The maximum atomic E-state index is 4.90. The largest absolute Gasteiger partial charge is 0.347 e. The molecular formula is C6H11N3O. The average Bonchev–Trinajstić information content (AvgIpc) is 2.41. The molecule has 0 amide bonds. The van der Waals surface area contributed by atoms with Gasteiger partial charge in [0.25, 0.3) is 0 Å². The average molecular weight is 141 g/mol. The smallest absolute Gasteiger partial charge is 0.122 e. The van der Waals surface area contributed by atoms with Crippen LogP contribution in [-0.4, -0.2) is 16.6 Å². The number of H-pyrrole nitrogens is 1. The molecule has 1 aromatic heterocycles. The molecule has 0 bridgehead atoms. The minimum Gasteiger partial charge on any atom is -0.347 e. The lowest BCUT2D eigenvalue weighted by Gasteiger charge is -1.98. The maximum absolute atomic E-state index is 4.90. The van der Waals surface area contributed by atoms with E-state index in [2.05, 4.69) is 15.4 Å². The van der Waals surface area contributed by atoms with Gasteiger partial charge in [-0.15, -0.1) is 0 Å². The first kappa shape index (κ1) is 7.24. The second kappa shape index (κ2) is 4.03. The fraction of sp³-hybridized carbons (Fsp3) is 0.500. The predicted octanol–water partition coefficient (Wildman–Crippen LogP) is 0.451. The lowest BCUT2D eigenvalue weighted by atomic mass is 10.6. The van der Waals surface area contributed by atoms with Crippen LogP contribution in [0.15, 0.2) is 12.4 Å². The third-order valence-electron chi connectivity index (χ3n) is 1.04. The Morgan fingerprint density at radius 2 is 2.70 bits per heavy atom. The summed E-state index contributed by atoms with van der Waals surface area (Å²) in [5.74, 6) is 0.883. The van der Waals surface area contributed by atoms with Crippen molar-refractivity contribution in [2.24, 2.45) is 0 Å². The number of aromatic nitrogens is 2. The molecule has 0 aliphatic rings. The number of nitrogens with one attached hydrogen (secondary N) is 2. The van der Waals surface area contributed by atoms with Crippen LogP contribution in [-0.2, 0) is 11.4 Å². The lowest BCUT2D eigenvalue weighted by molar-refractivity contribution is 0.0450. The SMILES string of the molecule is CCONCc1ncc[nH]1. The zero-order valence-corrected chi connectivity index (χ0v) is 5.92. The van der Waals surface area contributed by atoms with Crippen molar-refractivity contribution in [2.75, 3.05) is 6.61 Å². The molecule has 0 radical (unpaired) electrons. The van der Waals surface area contributed by atoms with Gasteiger partial charge in [0.2, 0.25) is 0 Å². The van der Waals surface area contributed by atoms with Crippen molar-refractivity contribution in [2.45, 2.75) is 13.5 Å². The van der Waals surface area contributed by atoms with Gasteiger partial charge >= 0.3 is 0 Å². The molecule has 10 heavy (non-hydrogen) atoms. The van der Waals surface area contributed by atoms with Crippen molar-refractivity contribution in [1.29, 1.82) is 0 Å². The Hall–Kier alpha value is -0.870. The highest BCUT2D eigenvalue weighted by atomic mass is 16.6. The molecule has 2 N–H and O–H groups in total. The molecule has 0 unspecified atom stereocenters. The Kier molecular flexibility index (Phi) is 2.92. The van der Waals surface area contributed by atoms with Gasteiger partial charge in [-0.05, 0) is 6.92 Å². The van der Waals surface area contributed by atoms with Gasteiger partial charge in [0.1, 0.15) is 5.82 Å². The molecule has 0 atom stereocenters. The second-order valence-corrected chi connectivity index (χ2v) is 1.79. The fourth-order valence-electron chi connectivity index (χ4n) is 0.616. The summed E-state index contributed by atoms with van der Waals surface area (Å²) >= 11 is 0. The third kappa shape index (κ3) is 2.16. The number of hydrogen-bond donors (Lipinski definition) is 2. The molecule has 0 aliphatic carbocycles. The van der Waals surface area contributed by atoms with Gasteiger partial charge in [-0.2, -0.15) is 5.48 Å². The van der Waals surface area contributed by atoms with E-state index in [1.54, 1.807) is 12.4 Å². The van der Waals surface area contributed by atoms with Gasteiger partial charge in [-0.25, -0.2) is 4.98 Å². The number of hydrogen-bond acceptors (Lipinski definition) is 3. The summed E-state index contributed by atoms with van der Waals surface area (Å²) in [4.78, 5) is 11.8. The molecule has 0 fully saturated rings. The summed E-state index contributed by atoms with van der Waals surface area (Å²) in [6.45, 7) is 3.22. The molecule has 0 aliphatic heterocycles. The van der Waals surface area contributed by atoms with Crippen LogP contribution in [0.1, 0.15) is 12.7 Å². The molecule has 1 heterocycles. The van der Waals surface area contributed by atoms with Crippen LogP contribution in [0.3, 0.4) is 0 Å². The molecular weight excluding hydrogens is 130 g/mol. The Morgan fingerprint density at radius 3 is 3.30 bits per heavy atom. The first-order chi connectivity index (χ1) is 4.93. The van der Waals surface area contributed by atoms with E-state index in [4.69, 9.17) is 4.84 Å². The second-order valence-electron chi connectivity index (χ2n) is 1.79. The third-order valence-corrected chi connectivity index (χ3v) is 1.04. The highest BCUT2D eigenvalue weighted by molar-refractivity contribution is 4.84. The van der Waals surface area contributed by atoms with Crippen LogP contribution in [0, 0.1) is 0 Å². The van der Waals surface area contributed by atoms with Gasteiger partial charge < -0.3 is 9.82 Å². The predicted molar refractivity (Wildman–Crippen MR) is 37.1 cm³/mol. The first-order valence-corrected chi connectivity index (χ1v) is 3.26. The maximum Gasteiger partial charge on any atom is 0.122 e. The van der Waals surface area contributed by atoms with Crippen molar-refractivity contribution >= 4 is 0 Å². The topological polar surface area (TPSA) is 49.9 Å². The van der Waals surface area contributed by atoms with Gasteiger partial charge in [-0.3, -0.25) is 0 Å². The minimum absolute atomic E-state index is 0.626. The molecule has 1 aromatic rings. The zero-order chi connectivity index (χ0) is 7.23. The van der Waals surface area contributed by atoms with E-state index < -0.39 is 0 Å². The van der Waals surface area contributed by atoms with Crippen LogP contribution in [0.4, 0.5) is 0 Å². The number of aromatic amines is 1. The van der Waals surface area contributed by atoms with Gasteiger partial charge in [0.15, 0.2) is 0 Å². The van der Waals surface area contributed by atoms with Crippen molar-refractivity contribution in [3.63, 3.8) is 0 Å². The Labute approximate surface area is 59.6 Å². The number of imidazole rings is 1. The van der Waals surface area contributed by atoms with Gasteiger partial charge in [0, 0.05) is 12.4 Å². The van der Waals surface area contributed by atoms with E-state index in [-0.39, 0.29) is 0 Å². The Bertz CT molecular complexity index is 162. The normalized spacial score (nSPS) is 10.1. The summed E-state index contributed by atoms with van der Waals surface area (Å²) in [6, 6.07) is 0. The molecule has 0 saturated carbocycles. The van der Waals surface area contributed by atoms with Crippen LogP contribution in [0.5, 0.6) is 0 Å². The summed E-state index contributed by atoms with van der Waals surface area (Å²) in [6.07, 6.45) is 3.49. The van der Waals surface area contributed by atoms with E-state index in [0.29, 0.717) is 13.2 Å². The molecule has 0 spiro atoms. The van der Waals surface area contributed by atoms with Crippen LogP contribution in [0.2, 0.25) is 0 Å². The molecule has 4 heteroatoms. The molecule has 1 rings (SSSR count). The van der Waals surface area contributed by atoms with Crippen molar-refractivity contribution < 1.29 is 4.84 Å². The van der Waals surface area contributed by atoms with Crippen LogP contribution in [0.25, 0.3) is 0 Å². The Balaban J connectivity index is 2.15. The molecule has 4 nitrogen and oxygen atoms in total. The lowest BCUT2D eigenvalue weighted by Crippen LogP contribution is -2.14. The monoisotopic (exact) mass is 141 g/mol. The van der Waals surface area contributed by atoms with Crippen molar-refractivity contribution in [1.82, 2.24) is 15.4 Å². The van der Waals surface area contributed by atoms with E-state index in [1.807, 2.05) is 6.92 Å². The first-order valence-electron chi connectivity index (χ1n) is 3.26. The molecule has 0 aromatic carbocycles. The van der Waals surface area contributed by atoms with Crippen LogP contribution >= 0.6 is 0 Å². The fourth-order valence-corrected chi connectivity index (χ4v) is 0.616. The Morgan fingerprint density at radius 1 is 1.80 bits per heavy atom. The number of hydroxylamine groups is 1. The highest BCUT2D eigenvalue weighted by Crippen LogP contribution is 1.85. The molecule has 0 saturated heterocycles. The zero-order valence-electron chi connectivity index (χ0n) is 5.92. The summed E-state index contributed by atoms with van der Waals surface area (Å²) in [5, 5.41) is 0. The van der Waals surface area contributed by atoms with E-state index in [0.717, 1.165) is 5.82 Å². The summed E-state index contributed by atoms with van der Waals surface area (Å²) in [7, 11) is 0.